The van der Waals surface area contributed by atoms with Crippen LogP contribution in [0.1, 0.15) is 13.3 Å². The molecule has 0 radical (unpaired) electrons. The van der Waals surface area contributed by atoms with E-state index in [1.54, 1.807) is 0 Å². The van der Waals surface area contributed by atoms with Crippen LogP contribution in [-0.2, 0) is 8.85 Å². The first-order chi connectivity index (χ1) is 12.0. The molecule has 0 aliphatic carbocycles. The SMILES string of the molecule is C=CC[Si](CC=C)(CC=C)OC(CC)O[Si](CC=C)(CC=C)CC=C. The Morgan fingerprint density at radius 1 is 0.600 bits per heavy atom. The fourth-order valence-corrected chi connectivity index (χ4v) is 9.49. The van der Waals surface area contributed by atoms with Crippen molar-refractivity contribution in [2.75, 3.05) is 0 Å². The summed E-state index contributed by atoms with van der Waals surface area (Å²) >= 11 is 0. The molecule has 0 atom stereocenters. The van der Waals surface area contributed by atoms with Crippen molar-refractivity contribution in [1.82, 2.24) is 0 Å². The molecule has 0 saturated carbocycles. The Kier molecular flexibility index (Phi) is 12.4. The van der Waals surface area contributed by atoms with Gasteiger partial charge in [0.15, 0.2) is 0 Å². The lowest BCUT2D eigenvalue weighted by Gasteiger charge is -2.38. The third-order valence-electron chi connectivity index (χ3n) is 4.19. The first-order valence-corrected chi connectivity index (χ1v) is 14.1. The summed E-state index contributed by atoms with van der Waals surface area (Å²) in [7, 11) is -4.17. The first-order valence-electron chi connectivity index (χ1n) is 9.02. The highest BCUT2D eigenvalue weighted by Crippen LogP contribution is 2.31. The Labute approximate surface area is 157 Å². The quantitative estimate of drug-likeness (QED) is 0.158. The fraction of sp³-hybridized carbons (Fsp3) is 0.429. The molecular weight excluding hydrogens is 340 g/mol. The molecule has 2 nitrogen and oxygen atoms in total. The molecule has 0 fully saturated rings. The van der Waals surface area contributed by atoms with Gasteiger partial charge in [-0.3, -0.25) is 0 Å². The van der Waals surface area contributed by atoms with Gasteiger partial charge in [0, 0.05) is 0 Å². The van der Waals surface area contributed by atoms with Crippen molar-refractivity contribution in [3.63, 3.8) is 0 Å². The molecule has 0 aromatic heterocycles. The first kappa shape index (κ1) is 23.8. The summed E-state index contributed by atoms with van der Waals surface area (Å²) in [4.78, 5) is 0. The van der Waals surface area contributed by atoms with E-state index < -0.39 is 16.6 Å². The summed E-state index contributed by atoms with van der Waals surface area (Å²) in [5, 5.41) is 0. The molecule has 140 valence electrons. The highest BCUT2D eigenvalue weighted by Gasteiger charge is 2.38. The molecule has 0 aliphatic heterocycles. The highest BCUT2D eigenvalue weighted by molar-refractivity contribution is 6.76. The largest absolute Gasteiger partial charge is 0.392 e. The maximum atomic E-state index is 6.64. The highest BCUT2D eigenvalue weighted by atomic mass is 28.4. The van der Waals surface area contributed by atoms with Gasteiger partial charge >= 0.3 is 0 Å². The van der Waals surface area contributed by atoms with Gasteiger partial charge in [-0.15, -0.1) is 39.5 Å². The molecule has 0 saturated heterocycles. The van der Waals surface area contributed by atoms with Crippen molar-refractivity contribution in [2.24, 2.45) is 0 Å². The van der Waals surface area contributed by atoms with Crippen LogP contribution < -0.4 is 0 Å². The Morgan fingerprint density at radius 3 is 1.00 bits per heavy atom. The van der Waals surface area contributed by atoms with Crippen LogP contribution in [0.5, 0.6) is 0 Å². The Bertz CT molecular complexity index is 364. The van der Waals surface area contributed by atoms with Crippen LogP contribution in [0.2, 0.25) is 36.3 Å². The predicted molar refractivity (Wildman–Crippen MR) is 118 cm³/mol. The zero-order valence-electron chi connectivity index (χ0n) is 16.1. The van der Waals surface area contributed by atoms with E-state index in [2.05, 4.69) is 46.4 Å². The van der Waals surface area contributed by atoms with Crippen molar-refractivity contribution in [3.8, 4) is 0 Å². The summed E-state index contributed by atoms with van der Waals surface area (Å²) in [5.41, 5.74) is 0. The zero-order valence-corrected chi connectivity index (χ0v) is 18.1. The second-order valence-electron chi connectivity index (χ2n) is 6.40. The van der Waals surface area contributed by atoms with Gasteiger partial charge in [-0.25, -0.2) is 0 Å². The maximum Gasteiger partial charge on any atom is 0.207 e. The van der Waals surface area contributed by atoms with Crippen molar-refractivity contribution < 1.29 is 8.85 Å². The monoisotopic (exact) mass is 376 g/mol. The minimum absolute atomic E-state index is 0.224. The van der Waals surface area contributed by atoms with Crippen LogP contribution in [-0.4, -0.2) is 22.9 Å². The van der Waals surface area contributed by atoms with Crippen molar-refractivity contribution in [1.29, 1.82) is 0 Å². The Balaban J connectivity index is 5.53. The molecule has 0 bridgehead atoms. The topological polar surface area (TPSA) is 18.5 Å². The molecular formula is C21H36O2Si2. The minimum Gasteiger partial charge on any atom is -0.392 e. The minimum atomic E-state index is -2.08. The fourth-order valence-electron chi connectivity index (χ4n) is 3.12. The van der Waals surface area contributed by atoms with Gasteiger partial charge in [-0.1, -0.05) is 43.4 Å². The lowest BCUT2D eigenvalue weighted by Crippen LogP contribution is -2.47. The lowest BCUT2D eigenvalue weighted by atomic mass is 10.5. The van der Waals surface area contributed by atoms with Crippen LogP contribution in [0.3, 0.4) is 0 Å². The number of rotatable bonds is 17. The summed E-state index contributed by atoms with van der Waals surface area (Å²) in [5.74, 6) is 0. The van der Waals surface area contributed by atoms with Crippen LogP contribution >= 0.6 is 0 Å². The number of hydrogen-bond donors (Lipinski definition) is 0. The third kappa shape index (κ3) is 8.14. The van der Waals surface area contributed by atoms with Gasteiger partial charge in [-0.2, -0.15) is 0 Å². The Hall–Kier alpha value is -1.21. The number of hydrogen-bond acceptors (Lipinski definition) is 2. The molecule has 0 aromatic carbocycles. The molecule has 0 aromatic rings. The second kappa shape index (κ2) is 13.1. The summed E-state index contributed by atoms with van der Waals surface area (Å²) in [6.07, 6.45) is 12.3. The van der Waals surface area contributed by atoms with Crippen molar-refractivity contribution in [3.05, 3.63) is 75.9 Å². The van der Waals surface area contributed by atoms with Gasteiger partial charge in [0.05, 0.1) is 0 Å². The van der Waals surface area contributed by atoms with Crippen LogP contribution in [0.15, 0.2) is 75.9 Å². The van der Waals surface area contributed by atoms with Crippen LogP contribution in [0.4, 0.5) is 0 Å². The van der Waals surface area contributed by atoms with Gasteiger partial charge in [0.1, 0.15) is 6.29 Å². The zero-order chi connectivity index (χ0) is 19.2. The maximum absolute atomic E-state index is 6.64. The van der Waals surface area contributed by atoms with E-state index in [1.807, 2.05) is 36.5 Å². The van der Waals surface area contributed by atoms with Gasteiger partial charge in [-0.05, 0) is 42.7 Å². The molecule has 0 aliphatic rings. The van der Waals surface area contributed by atoms with Crippen LogP contribution in [0, 0.1) is 0 Å². The number of allylic oxidation sites excluding steroid dienone is 6. The molecule has 0 N–H and O–H groups in total. The molecule has 0 rings (SSSR count). The summed E-state index contributed by atoms with van der Waals surface area (Å²) < 4.78 is 13.3. The van der Waals surface area contributed by atoms with E-state index in [-0.39, 0.29) is 6.29 Å². The van der Waals surface area contributed by atoms with E-state index in [1.165, 1.54) is 0 Å². The predicted octanol–water partition coefficient (Wildman–Crippen LogP) is 6.76. The van der Waals surface area contributed by atoms with E-state index in [9.17, 15) is 0 Å². The average molecular weight is 377 g/mol. The standard InChI is InChI=1S/C21H36O2Si2/c1-8-15-24(16-9-2,17-10-3)22-21(14-7)23-25(18-11-4,19-12-5)20-13-6/h8-13,21H,1-6,14-20H2,7H3. The van der Waals surface area contributed by atoms with Crippen molar-refractivity contribution in [2.45, 2.75) is 55.9 Å². The van der Waals surface area contributed by atoms with E-state index >= 15 is 0 Å². The molecule has 25 heavy (non-hydrogen) atoms. The summed E-state index contributed by atoms with van der Waals surface area (Å²) in [6.45, 7) is 25.6. The smallest absolute Gasteiger partial charge is 0.207 e. The lowest BCUT2D eigenvalue weighted by molar-refractivity contribution is -0.0138. The molecule has 4 heteroatoms. The van der Waals surface area contributed by atoms with Crippen LogP contribution in [0.25, 0.3) is 0 Å². The van der Waals surface area contributed by atoms with E-state index in [4.69, 9.17) is 8.85 Å². The Morgan fingerprint density at radius 2 is 0.840 bits per heavy atom. The van der Waals surface area contributed by atoms with Gasteiger partial charge in [0.25, 0.3) is 0 Å². The van der Waals surface area contributed by atoms with E-state index in [0.29, 0.717) is 0 Å². The third-order valence-corrected chi connectivity index (χ3v) is 11.9. The normalized spacial score (nSPS) is 11.8. The van der Waals surface area contributed by atoms with Crippen molar-refractivity contribution >= 4 is 16.6 Å². The molecule has 0 amide bonds. The van der Waals surface area contributed by atoms with E-state index in [0.717, 1.165) is 42.7 Å². The van der Waals surface area contributed by atoms with Gasteiger partial charge < -0.3 is 8.85 Å². The molecule has 0 unspecified atom stereocenters. The molecule has 0 heterocycles. The average Bonchev–Trinajstić information content (AvgIpc) is 2.55. The molecule has 0 spiro atoms. The second-order valence-corrected chi connectivity index (χ2v) is 14.0. The van der Waals surface area contributed by atoms with Gasteiger partial charge in [0.2, 0.25) is 16.6 Å². The summed E-state index contributed by atoms with van der Waals surface area (Å²) in [6, 6.07) is 5.19.